The van der Waals surface area contributed by atoms with E-state index in [4.69, 9.17) is 4.74 Å². The van der Waals surface area contributed by atoms with Crippen LogP contribution in [0.25, 0.3) is 10.2 Å². The highest BCUT2D eigenvalue weighted by Crippen LogP contribution is 2.22. The summed E-state index contributed by atoms with van der Waals surface area (Å²) in [5.74, 6) is 1.45. The summed E-state index contributed by atoms with van der Waals surface area (Å²) < 4.78 is 8.39. The summed E-state index contributed by atoms with van der Waals surface area (Å²) in [5, 5.41) is 1.79. The number of aromatic nitrogens is 2. The minimum absolute atomic E-state index is 0.0656. The summed E-state index contributed by atoms with van der Waals surface area (Å²) in [6, 6.07) is 9.03. The van der Waals surface area contributed by atoms with Gasteiger partial charge in [0.05, 0.1) is 19.2 Å². The van der Waals surface area contributed by atoms with Crippen LogP contribution >= 0.6 is 11.3 Å². The lowest BCUT2D eigenvalue weighted by atomic mass is 9.92. The summed E-state index contributed by atoms with van der Waals surface area (Å²) in [6.07, 6.45) is 1.10. The summed E-state index contributed by atoms with van der Waals surface area (Å²) >= 11 is 1.29. The van der Waals surface area contributed by atoms with Crippen molar-refractivity contribution >= 4 is 27.5 Å². The lowest BCUT2D eigenvalue weighted by molar-refractivity contribution is -0.134. The van der Waals surface area contributed by atoms with Crippen molar-refractivity contribution in [2.45, 2.75) is 33.4 Å². The number of piperidine rings is 1. The first kappa shape index (κ1) is 21.4. The lowest BCUT2D eigenvalue weighted by Crippen LogP contribution is -2.47. The van der Waals surface area contributed by atoms with E-state index in [-0.39, 0.29) is 24.6 Å². The smallest absolute Gasteiger partial charge is 0.332 e. The minimum atomic E-state index is -0.467. The van der Waals surface area contributed by atoms with Crippen LogP contribution < -0.4 is 16.0 Å². The summed E-state index contributed by atoms with van der Waals surface area (Å²) in [7, 11) is 1.57. The number of ether oxygens (including phenoxy) is 1. The number of hydrogen-bond acceptors (Lipinski definition) is 5. The number of carbonyl (C=O) groups excluding carboxylic acids is 1. The summed E-state index contributed by atoms with van der Waals surface area (Å²) in [5.41, 5.74) is 0.506. The average molecular weight is 442 g/mol. The fraction of sp³-hybridized carbons (Fsp3) is 0.435. The second-order valence-corrected chi connectivity index (χ2v) is 9.41. The van der Waals surface area contributed by atoms with Gasteiger partial charge in [0.25, 0.3) is 5.56 Å². The van der Waals surface area contributed by atoms with Gasteiger partial charge in [0.15, 0.2) is 0 Å². The Kier molecular flexibility index (Phi) is 6.00. The number of fused-ring (bicyclic) bond motifs is 1. The molecule has 31 heavy (non-hydrogen) atoms. The monoisotopic (exact) mass is 441 g/mol. The predicted octanol–water partition coefficient (Wildman–Crippen LogP) is 2.79. The molecule has 8 heteroatoms. The SMILES string of the molecule is COc1cccc(Cn2c(=O)c3sccc3n(CC(=O)N3C[C@H](C)C[C@H](C)C3)c2=O)c1. The van der Waals surface area contributed by atoms with Gasteiger partial charge in [-0.1, -0.05) is 26.0 Å². The van der Waals surface area contributed by atoms with Crippen molar-refractivity contribution in [2.75, 3.05) is 20.2 Å². The molecule has 7 nitrogen and oxygen atoms in total. The van der Waals surface area contributed by atoms with Crippen molar-refractivity contribution in [2.24, 2.45) is 11.8 Å². The largest absolute Gasteiger partial charge is 0.497 e. The van der Waals surface area contributed by atoms with Gasteiger partial charge in [-0.05, 0) is 47.4 Å². The second kappa shape index (κ2) is 8.70. The quantitative estimate of drug-likeness (QED) is 0.610. The Morgan fingerprint density at radius 1 is 1.13 bits per heavy atom. The van der Waals surface area contributed by atoms with Gasteiger partial charge in [-0.2, -0.15) is 0 Å². The second-order valence-electron chi connectivity index (χ2n) is 8.49. The highest BCUT2D eigenvalue weighted by Gasteiger charge is 2.26. The molecule has 3 heterocycles. The first-order valence-electron chi connectivity index (χ1n) is 10.5. The zero-order chi connectivity index (χ0) is 22.1. The Hall–Kier alpha value is -2.87. The third kappa shape index (κ3) is 4.30. The van der Waals surface area contributed by atoms with Crippen LogP contribution in [0.5, 0.6) is 5.75 Å². The molecule has 0 radical (unpaired) electrons. The maximum Gasteiger partial charge on any atom is 0.332 e. The van der Waals surface area contributed by atoms with E-state index < -0.39 is 5.69 Å². The van der Waals surface area contributed by atoms with Crippen molar-refractivity contribution in [1.29, 1.82) is 0 Å². The third-order valence-corrected chi connectivity index (χ3v) is 6.72. The first-order chi connectivity index (χ1) is 14.9. The molecule has 0 aliphatic carbocycles. The number of nitrogens with zero attached hydrogens (tertiary/aromatic N) is 3. The first-order valence-corrected chi connectivity index (χ1v) is 11.4. The molecular weight excluding hydrogens is 414 g/mol. The Balaban J connectivity index is 1.72. The van der Waals surface area contributed by atoms with Gasteiger partial charge in [0.1, 0.15) is 17.0 Å². The van der Waals surface area contributed by atoms with Crippen LogP contribution in [0.15, 0.2) is 45.3 Å². The van der Waals surface area contributed by atoms with Gasteiger partial charge in [-0.3, -0.25) is 18.7 Å². The standard InChI is InChI=1S/C23H27N3O4S/c1-15-9-16(2)12-24(11-15)20(27)14-25-19-7-8-31-21(19)22(28)26(23(25)29)13-17-5-4-6-18(10-17)30-3/h4-8,10,15-16H,9,11-14H2,1-3H3/t15-,16+. The van der Waals surface area contributed by atoms with Gasteiger partial charge in [-0.25, -0.2) is 4.79 Å². The maximum absolute atomic E-state index is 13.3. The predicted molar refractivity (Wildman–Crippen MR) is 122 cm³/mol. The van der Waals surface area contributed by atoms with Crippen molar-refractivity contribution in [1.82, 2.24) is 14.0 Å². The van der Waals surface area contributed by atoms with Crippen LogP contribution in [0.3, 0.4) is 0 Å². The van der Waals surface area contributed by atoms with E-state index in [0.29, 0.717) is 40.9 Å². The summed E-state index contributed by atoms with van der Waals surface area (Å²) in [4.78, 5) is 41.3. The van der Waals surface area contributed by atoms with E-state index in [1.807, 2.05) is 23.1 Å². The number of hydrogen-bond donors (Lipinski definition) is 0. The van der Waals surface area contributed by atoms with E-state index in [2.05, 4.69) is 13.8 Å². The molecule has 0 spiro atoms. The number of likely N-dealkylation sites (tertiary alicyclic amines) is 1. The van der Waals surface area contributed by atoms with E-state index in [9.17, 15) is 14.4 Å². The number of benzene rings is 1. The molecule has 1 saturated heterocycles. The van der Waals surface area contributed by atoms with Crippen LogP contribution in [0.1, 0.15) is 25.8 Å². The van der Waals surface area contributed by atoms with Gasteiger partial charge < -0.3 is 9.64 Å². The molecule has 3 aromatic rings. The van der Waals surface area contributed by atoms with E-state index >= 15 is 0 Å². The molecule has 164 valence electrons. The maximum atomic E-state index is 13.3. The van der Waals surface area contributed by atoms with Crippen LogP contribution in [0.4, 0.5) is 0 Å². The molecule has 1 fully saturated rings. The normalized spacial score (nSPS) is 19.0. The van der Waals surface area contributed by atoms with Crippen molar-refractivity contribution < 1.29 is 9.53 Å². The molecule has 0 unspecified atom stereocenters. The Morgan fingerprint density at radius 2 is 1.87 bits per heavy atom. The molecule has 1 aromatic carbocycles. The molecular formula is C23H27N3O4S. The van der Waals surface area contributed by atoms with Gasteiger partial charge in [-0.15, -0.1) is 11.3 Å². The van der Waals surface area contributed by atoms with Crippen molar-refractivity contribution in [3.8, 4) is 5.75 Å². The number of carbonyl (C=O) groups is 1. The zero-order valence-corrected chi connectivity index (χ0v) is 18.9. The fourth-order valence-corrected chi connectivity index (χ4v) is 5.32. The van der Waals surface area contributed by atoms with E-state index in [1.54, 1.807) is 24.6 Å². The fourth-order valence-electron chi connectivity index (χ4n) is 4.48. The van der Waals surface area contributed by atoms with Gasteiger partial charge in [0, 0.05) is 13.1 Å². The third-order valence-electron chi connectivity index (χ3n) is 5.83. The summed E-state index contributed by atoms with van der Waals surface area (Å²) in [6.45, 7) is 5.75. The number of thiophene rings is 1. The van der Waals surface area contributed by atoms with E-state index in [0.717, 1.165) is 12.0 Å². The molecule has 0 bridgehead atoms. The molecule has 0 saturated carbocycles. The molecule has 0 N–H and O–H groups in total. The zero-order valence-electron chi connectivity index (χ0n) is 18.0. The van der Waals surface area contributed by atoms with Crippen LogP contribution in [0.2, 0.25) is 0 Å². The Bertz CT molecular complexity index is 1220. The van der Waals surface area contributed by atoms with E-state index in [1.165, 1.54) is 20.5 Å². The lowest BCUT2D eigenvalue weighted by Gasteiger charge is -2.35. The van der Waals surface area contributed by atoms with Crippen LogP contribution in [-0.4, -0.2) is 40.1 Å². The molecule has 2 aromatic heterocycles. The highest BCUT2D eigenvalue weighted by molar-refractivity contribution is 7.17. The topological polar surface area (TPSA) is 73.5 Å². The Morgan fingerprint density at radius 3 is 2.58 bits per heavy atom. The number of methoxy groups -OCH3 is 1. The molecule has 2 atom stereocenters. The number of amides is 1. The molecule has 1 aliphatic heterocycles. The highest BCUT2D eigenvalue weighted by atomic mass is 32.1. The molecule has 4 rings (SSSR count). The van der Waals surface area contributed by atoms with Crippen LogP contribution in [-0.2, 0) is 17.9 Å². The van der Waals surface area contributed by atoms with Crippen molar-refractivity contribution in [3.05, 3.63) is 62.1 Å². The van der Waals surface area contributed by atoms with Gasteiger partial charge in [0.2, 0.25) is 5.91 Å². The minimum Gasteiger partial charge on any atom is -0.497 e. The number of rotatable bonds is 5. The average Bonchev–Trinajstić information content (AvgIpc) is 3.23. The van der Waals surface area contributed by atoms with Crippen LogP contribution in [0, 0.1) is 11.8 Å². The molecule has 1 amide bonds. The molecule has 1 aliphatic rings. The van der Waals surface area contributed by atoms with Gasteiger partial charge >= 0.3 is 5.69 Å². The van der Waals surface area contributed by atoms with Crippen molar-refractivity contribution in [3.63, 3.8) is 0 Å². The Labute approximate surface area is 184 Å².